The van der Waals surface area contributed by atoms with Gasteiger partial charge in [0.2, 0.25) is 0 Å². The molecule has 7 nitrogen and oxygen atoms in total. The Morgan fingerprint density at radius 2 is 1.95 bits per heavy atom. The molecule has 0 aliphatic rings. The lowest BCUT2D eigenvalue weighted by atomic mass is 10.1. The van der Waals surface area contributed by atoms with Crippen LogP contribution in [0.2, 0.25) is 0 Å². The van der Waals surface area contributed by atoms with Gasteiger partial charge >= 0.3 is 11.9 Å². The minimum atomic E-state index is -1.27. The van der Waals surface area contributed by atoms with Crippen LogP contribution in [0.3, 0.4) is 0 Å². The predicted octanol–water partition coefficient (Wildman–Crippen LogP) is 0.944. The molecule has 0 aliphatic heterocycles. The van der Waals surface area contributed by atoms with E-state index in [2.05, 4.69) is 5.32 Å². The van der Waals surface area contributed by atoms with Crippen molar-refractivity contribution in [1.82, 2.24) is 5.32 Å². The molecule has 104 valence electrons. The lowest BCUT2D eigenvalue weighted by molar-refractivity contribution is -0.140. The molecule has 1 atom stereocenters. The Morgan fingerprint density at radius 3 is 2.37 bits per heavy atom. The Morgan fingerprint density at radius 1 is 1.32 bits per heavy atom. The van der Waals surface area contributed by atoms with Gasteiger partial charge in [-0.25, -0.2) is 4.79 Å². The monoisotopic (exact) mass is 269 g/mol. The smallest absolute Gasteiger partial charge is 0.326 e. The lowest BCUT2D eigenvalue weighted by Gasteiger charge is -2.12. The maximum Gasteiger partial charge on any atom is 0.326 e. The molecular weight excluding hydrogens is 254 g/mol. The van der Waals surface area contributed by atoms with Gasteiger partial charge in [0.1, 0.15) is 17.6 Å². The molecule has 0 spiro atoms. The Kier molecular flexibility index (Phi) is 4.68. The number of furan rings is 1. The highest BCUT2D eigenvalue weighted by molar-refractivity contribution is 5.97. The number of hydrogen-bond donors (Lipinski definition) is 3. The lowest BCUT2D eigenvalue weighted by Crippen LogP contribution is -2.41. The van der Waals surface area contributed by atoms with Gasteiger partial charge in [-0.15, -0.1) is 0 Å². The molecule has 19 heavy (non-hydrogen) atoms. The van der Waals surface area contributed by atoms with Crippen LogP contribution in [-0.4, -0.2) is 34.1 Å². The predicted molar refractivity (Wildman–Crippen MR) is 63.9 cm³/mol. The number of carboxylic acid groups (broad SMARTS) is 2. The fraction of sp³-hybridized carbons (Fsp3) is 0.417. The molecule has 0 bridgehead atoms. The highest BCUT2D eigenvalue weighted by Gasteiger charge is 2.23. The summed E-state index contributed by atoms with van der Waals surface area (Å²) in [7, 11) is 0. The molecule has 3 N–H and O–H groups in total. The molecule has 1 amide bonds. The summed E-state index contributed by atoms with van der Waals surface area (Å²) in [6.45, 7) is 3.26. The topological polar surface area (TPSA) is 117 Å². The van der Waals surface area contributed by atoms with Gasteiger partial charge in [0.15, 0.2) is 0 Å². The summed E-state index contributed by atoms with van der Waals surface area (Å²) in [4.78, 5) is 33.2. The van der Waals surface area contributed by atoms with E-state index in [1.54, 1.807) is 13.8 Å². The maximum atomic E-state index is 11.9. The van der Waals surface area contributed by atoms with Crippen LogP contribution >= 0.6 is 0 Å². The van der Waals surface area contributed by atoms with E-state index in [0.29, 0.717) is 11.5 Å². The average Bonchev–Trinajstić information content (AvgIpc) is 2.62. The van der Waals surface area contributed by atoms with Gasteiger partial charge in [0.05, 0.1) is 5.56 Å². The summed E-state index contributed by atoms with van der Waals surface area (Å²) in [5, 5.41) is 19.7. The molecule has 0 saturated carbocycles. The summed E-state index contributed by atoms with van der Waals surface area (Å²) in [6, 6.07) is 0.263. The Hall–Kier alpha value is -2.31. The number of carboxylic acids is 2. The van der Waals surface area contributed by atoms with Crippen molar-refractivity contribution in [3.63, 3.8) is 0 Å². The van der Waals surface area contributed by atoms with Crippen LogP contribution < -0.4 is 5.32 Å². The van der Waals surface area contributed by atoms with Gasteiger partial charge in [-0.05, 0) is 26.3 Å². The molecule has 7 heteroatoms. The van der Waals surface area contributed by atoms with E-state index in [1.165, 1.54) is 6.07 Å². The minimum Gasteiger partial charge on any atom is -0.481 e. The van der Waals surface area contributed by atoms with Crippen LogP contribution in [0, 0.1) is 13.8 Å². The standard InChI is InChI=1S/C12H15NO6/c1-6-5-8(7(2)19-6)11(16)13-9(12(17)18)3-4-10(14)15/h5,9H,3-4H2,1-2H3,(H,13,16)(H,14,15)(H,17,18)/t9-/m0/s1. The molecule has 0 aliphatic carbocycles. The van der Waals surface area contributed by atoms with Crippen molar-refractivity contribution in [2.45, 2.75) is 32.7 Å². The fourth-order valence-electron chi connectivity index (χ4n) is 1.62. The van der Waals surface area contributed by atoms with Crippen LogP contribution in [0.4, 0.5) is 0 Å². The molecule has 0 radical (unpaired) electrons. The van der Waals surface area contributed by atoms with Crippen LogP contribution in [0.15, 0.2) is 10.5 Å². The van der Waals surface area contributed by atoms with E-state index < -0.39 is 23.9 Å². The molecular formula is C12H15NO6. The summed E-state index contributed by atoms with van der Waals surface area (Å²) < 4.78 is 5.17. The number of nitrogens with one attached hydrogen (secondary N) is 1. The van der Waals surface area contributed by atoms with Crippen molar-refractivity contribution in [1.29, 1.82) is 0 Å². The second kappa shape index (κ2) is 6.03. The third-order valence-corrected chi connectivity index (χ3v) is 2.54. The second-order valence-corrected chi connectivity index (χ2v) is 4.12. The minimum absolute atomic E-state index is 0.174. The third kappa shape index (κ3) is 4.13. The Labute approximate surface area is 109 Å². The van der Waals surface area contributed by atoms with E-state index in [-0.39, 0.29) is 18.4 Å². The van der Waals surface area contributed by atoms with Crippen molar-refractivity contribution in [3.05, 3.63) is 23.2 Å². The first-order chi connectivity index (χ1) is 8.81. The maximum absolute atomic E-state index is 11.9. The zero-order valence-electron chi connectivity index (χ0n) is 10.6. The van der Waals surface area contributed by atoms with E-state index in [1.807, 2.05) is 0 Å². The highest BCUT2D eigenvalue weighted by Crippen LogP contribution is 2.14. The van der Waals surface area contributed by atoms with Crippen LogP contribution in [0.25, 0.3) is 0 Å². The fourth-order valence-corrected chi connectivity index (χ4v) is 1.62. The Balaban J connectivity index is 2.74. The highest BCUT2D eigenvalue weighted by atomic mass is 16.4. The second-order valence-electron chi connectivity index (χ2n) is 4.12. The number of aliphatic carboxylic acids is 2. The molecule has 0 saturated heterocycles. The van der Waals surface area contributed by atoms with E-state index in [9.17, 15) is 14.4 Å². The van der Waals surface area contributed by atoms with Crippen molar-refractivity contribution in [2.75, 3.05) is 0 Å². The zero-order valence-corrected chi connectivity index (χ0v) is 10.6. The van der Waals surface area contributed by atoms with Gasteiger partial charge in [0.25, 0.3) is 5.91 Å². The van der Waals surface area contributed by atoms with Crippen LogP contribution in [0.1, 0.15) is 34.7 Å². The third-order valence-electron chi connectivity index (χ3n) is 2.54. The summed E-state index contributed by atoms with van der Waals surface area (Å²) in [5.74, 6) is -2.05. The first-order valence-electron chi connectivity index (χ1n) is 5.63. The molecule has 0 aromatic carbocycles. The van der Waals surface area contributed by atoms with Gasteiger partial charge in [-0.1, -0.05) is 0 Å². The largest absolute Gasteiger partial charge is 0.481 e. The van der Waals surface area contributed by atoms with Gasteiger partial charge < -0.3 is 19.9 Å². The molecule has 1 heterocycles. The quantitative estimate of drug-likeness (QED) is 0.707. The molecule has 1 aromatic rings. The van der Waals surface area contributed by atoms with Crippen LogP contribution in [-0.2, 0) is 9.59 Å². The summed E-state index contributed by atoms with van der Waals surface area (Å²) in [5.41, 5.74) is 0.249. The number of carbonyl (C=O) groups excluding carboxylic acids is 1. The molecule has 0 fully saturated rings. The summed E-state index contributed by atoms with van der Waals surface area (Å²) >= 11 is 0. The number of aryl methyl sites for hydroxylation is 2. The van der Waals surface area contributed by atoms with Crippen molar-refractivity contribution in [2.24, 2.45) is 0 Å². The molecule has 1 aromatic heterocycles. The average molecular weight is 269 g/mol. The van der Waals surface area contributed by atoms with Gasteiger partial charge in [-0.3, -0.25) is 9.59 Å². The number of rotatable bonds is 6. The molecule has 1 rings (SSSR count). The number of amides is 1. The van der Waals surface area contributed by atoms with Crippen molar-refractivity contribution >= 4 is 17.8 Å². The zero-order chi connectivity index (χ0) is 14.6. The first kappa shape index (κ1) is 14.7. The van der Waals surface area contributed by atoms with E-state index in [4.69, 9.17) is 14.6 Å². The number of hydrogen-bond acceptors (Lipinski definition) is 4. The van der Waals surface area contributed by atoms with Gasteiger partial charge in [-0.2, -0.15) is 0 Å². The van der Waals surface area contributed by atoms with Crippen LogP contribution in [0.5, 0.6) is 0 Å². The normalized spacial score (nSPS) is 11.9. The molecule has 0 unspecified atom stereocenters. The van der Waals surface area contributed by atoms with Crippen molar-refractivity contribution < 1.29 is 29.0 Å². The number of carbonyl (C=O) groups is 3. The SMILES string of the molecule is Cc1cc(C(=O)N[C@@H](CCC(=O)O)C(=O)O)c(C)o1. The van der Waals surface area contributed by atoms with E-state index in [0.717, 1.165) is 0 Å². The Bertz CT molecular complexity index is 504. The van der Waals surface area contributed by atoms with Crippen molar-refractivity contribution in [3.8, 4) is 0 Å². The van der Waals surface area contributed by atoms with E-state index >= 15 is 0 Å². The van der Waals surface area contributed by atoms with Gasteiger partial charge in [0, 0.05) is 6.42 Å². The summed E-state index contributed by atoms with van der Waals surface area (Å²) in [6.07, 6.45) is -0.507. The first-order valence-corrected chi connectivity index (χ1v) is 5.63.